The highest BCUT2D eigenvalue weighted by Gasteiger charge is 2.18. The van der Waals surface area contributed by atoms with Gasteiger partial charge < -0.3 is 0 Å². The monoisotopic (exact) mass is 228 g/mol. The number of hydrogen-bond acceptors (Lipinski definition) is 1. The third kappa shape index (κ3) is 2.59. The van der Waals surface area contributed by atoms with Crippen molar-refractivity contribution in [1.82, 2.24) is 0 Å². The Morgan fingerprint density at radius 1 is 1.00 bits per heavy atom. The van der Waals surface area contributed by atoms with Gasteiger partial charge in [-0.1, -0.05) is 42.5 Å². The predicted molar refractivity (Wildman–Crippen MR) is 65.4 cm³/mol. The average molecular weight is 228 g/mol. The predicted octanol–water partition coefficient (Wildman–Crippen LogP) is 3.55. The topological polar surface area (TPSA) is 17.1 Å². The smallest absolute Gasteiger partial charge is 0.141 e. The van der Waals surface area contributed by atoms with Crippen LogP contribution in [0, 0.1) is 5.82 Å². The summed E-state index contributed by atoms with van der Waals surface area (Å²) >= 11 is 0. The highest BCUT2D eigenvalue weighted by atomic mass is 19.1. The van der Waals surface area contributed by atoms with Crippen LogP contribution in [0.5, 0.6) is 0 Å². The van der Waals surface area contributed by atoms with E-state index in [1.54, 1.807) is 12.1 Å². The van der Waals surface area contributed by atoms with Gasteiger partial charge in [0.05, 0.1) is 5.92 Å². The maximum Gasteiger partial charge on any atom is 0.141 e. The Kier molecular flexibility index (Phi) is 3.33. The molecule has 86 valence electrons. The first-order valence-corrected chi connectivity index (χ1v) is 5.49. The van der Waals surface area contributed by atoms with Crippen molar-refractivity contribution in [2.75, 3.05) is 0 Å². The quantitative estimate of drug-likeness (QED) is 0.785. The fourth-order valence-electron chi connectivity index (χ4n) is 1.99. The van der Waals surface area contributed by atoms with E-state index in [-0.39, 0.29) is 17.5 Å². The first kappa shape index (κ1) is 11.5. The Labute approximate surface area is 99.9 Å². The summed E-state index contributed by atoms with van der Waals surface area (Å²) in [5.74, 6) is -0.682. The van der Waals surface area contributed by atoms with Crippen molar-refractivity contribution in [2.24, 2.45) is 0 Å². The molecule has 2 aromatic rings. The Hall–Kier alpha value is -1.96. The molecule has 0 aromatic heterocycles. The molecular weight excluding hydrogens is 215 g/mol. The molecule has 2 rings (SSSR count). The molecule has 0 saturated carbocycles. The summed E-state index contributed by atoms with van der Waals surface area (Å²) in [6.45, 7) is 1.53. The van der Waals surface area contributed by atoms with Crippen LogP contribution in [0.1, 0.15) is 24.0 Å². The van der Waals surface area contributed by atoms with Gasteiger partial charge in [-0.05, 0) is 30.2 Å². The third-order valence-corrected chi connectivity index (χ3v) is 2.72. The normalized spacial score (nSPS) is 12.1. The van der Waals surface area contributed by atoms with Gasteiger partial charge in [0.1, 0.15) is 11.6 Å². The summed E-state index contributed by atoms with van der Waals surface area (Å²) in [5, 5.41) is 0. The number of rotatable bonds is 3. The van der Waals surface area contributed by atoms with E-state index >= 15 is 0 Å². The molecule has 0 spiro atoms. The SMILES string of the molecule is CC(=O)C(c1ccccc1)c1cccc(F)c1. The van der Waals surface area contributed by atoms with Crippen molar-refractivity contribution in [2.45, 2.75) is 12.8 Å². The minimum absolute atomic E-state index is 0.0156. The molecule has 0 fully saturated rings. The molecule has 0 aliphatic carbocycles. The molecule has 17 heavy (non-hydrogen) atoms. The van der Waals surface area contributed by atoms with Crippen LogP contribution < -0.4 is 0 Å². The van der Waals surface area contributed by atoms with E-state index in [2.05, 4.69) is 0 Å². The van der Waals surface area contributed by atoms with E-state index in [0.717, 1.165) is 5.56 Å². The molecule has 2 heteroatoms. The van der Waals surface area contributed by atoms with Gasteiger partial charge in [-0.3, -0.25) is 4.79 Å². The lowest BCUT2D eigenvalue weighted by atomic mass is 9.88. The van der Waals surface area contributed by atoms with Crippen LogP contribution in [-0.2, 0) is 4.79 Å². The largest absolute Gasteiger partial charge is 0.299 e. The van der Waals surface area contributed by atoms with Gasteiger partial charge in [-0.25, -0.2) is 4.39 Å². The van der Waals surface area contributed by atoms with E-state index in [4.69, 9.17) is 0 Å². The van der Waals surface area contributed by atoms with Crippen molar-refractivity contribution in [1.29, 1.82) is 0 Å². The van der Waals surface area contributed by atoms with Crippen molar-refractivity contribution < 1.29 is 9.18 Å². The average Bonchev–Trinajstić information content (AvgIpc) is 2.30. The highest BCUT2D eigenvalue weighted by molar-refractivity contribution is 5.86. The summed E-state index contributed by atoms with van der Waals surface area (Å²) in [4.78, 5) is 11.7. The second-order valence-electron chi connectivity index (χ2n) is 4.01. The number of Topliss-reactive ketones (excluding diaryl/α,β-unsaturated/α-hetero) is 1. The van der Waals surface area contributed by atoms with Crippen molar-refractivity contribution >= 4 is 5.78 Å². The summed E-state index contributed by atoms with van der Waals surface area (Å²) in [7, 11) is 0. The first-order valence-electron chi connectivity index (χ1n) is 5.49. The summed E-state index contributed by atoms with van der Waals surface area (Å²) in [5.41, 5.74) is 1.59. The van der Waals surface area contributed by atoms with Gasteiger partial charge >= 0.3 is 0 Å². The van der Waals surface area contributed by atoms with Gasteiger partial charge in [-0.15, -0.1) is 0 Å². The Bertz CT molecular complexity index is 519. The molecule has 0 aliphatic heterocycles. The molecule has 0 aliphatic rings. The highest BCUT2D eigenvalue weighted by Crippen LogP contribution is 2.25. The molecule has 0 heterocycles. The number of carbonyl (C=O) groups excluding carboxylic acids is 1. The lowest BCUT2D eigenvalue weighted by Gasteiger charge is -2.14. The maximum absolute atomic E-state index is 13.2. The zero-order valence-corrected chi connectivity index (χ0v) is 9.56. The number of halogens is 1. The van der Waals surface area contributed by atoms with Crippen LogP contribution in [0.15, 0.2) is 54.6 Å². The fraction of sp³-hybridized carbons (Fsp3) is 0.133. The van der Waals surface area contributed by atoms with E-state index in [1.165, 1.54) is 19.1 Å². The minimum Gasteiger partial charge on any atom is -0.299 e. The second-order valence-corrected chi connectivity index (χ2v) is 4.01. The molecule has 0 bridgehead atoms. The van der Waals surface area contributed by atoms with Crippen molar-refractivity contribution in [3.63, 3.8) is 0 Å². The van der Waals surface area contributed by atoms with Gasteiger partial charge in [0.2, 0.25) is 0 Å². The summed E-state index contributed by atoms with van der Waals surface area (Å²) in [6, 6.07) is 15.6. The third-order valence-electron chi connectivity index (χ3n) is 2.72. The lowest BCUT2D eigenvalue weighted by molar-refractivity contribution is -0.117. The molecule has 1 nitrogen and oxygen atoms in total. The fourth-order valence-corrected chi connectivity index (χ4v) is 1.99. The van der Waals surface area contributed by atoms with E-state index in [1.807, 2.05) is 30.3 Å². The molecule has 0 amide bonds. The molecule has 1 atom stereocenters. The molecule has 0 saturated heterocycles. The van der Waals surface area contributed by atoms with Crippen LogP contribution in [0.25, 0.3) is 0 Å². The Morgan fingerprint density at radius 3 is 2.24 bits per heavy atom. The van der Waals surface area contributed by atoms with Crippen LogP contribution in [0.3, 0.4) is 0 Å². The second kappa shape index (κ2) is 4.91. The number of benzene rings is 2. The number of carbonyl (C=O) groups is 1. The Balaban J connectivity index is 2.47. The molecule has 2 aromatic carbocycles. The Morgan fingerprint density at radius 2 is 1.65 bits per heavy atom. The van der Waals surface area contributed by atoms with Crippen LogP contribution in [0.4, 0.5) is 4.39 Å². The van der Waals surface area contributed by atoms with E-state index in [0.29, 0.717) is 5.56 Å². The van der Waals surface area contributed by atoms with Crippen molar-refractivity contribution in [3.05, 3.63) is 71.5 Å². The standard InChI is InChI=1S/C15H13FO/c1-11(17)15(12-6-3-2-4-7-12)13-8-5-9-14(16)10-13/h2-10,15H,1H3. The summed E-state index contributed by atoms with van der Waals surface area (Å²) < 4.78 is 13.2. The maximum atomic E-state index is 13.2. The van der Waals surface area contributed by atoms with Crippen LogP contribution in [0.2, 0.25) is 0 Å². The molecular formula is C15H13FO. The van der Waals surface area contributed by atoms with Gasteiger partial charge in [0.25, 0.3) is 0 Å². The van der Waals surface area contributed by atoms with Crippen LogP contribution in [-0.4, -0.2) is 5.78 Å². The minimum atomic E-state index is -0.383. The number of hydrogen-bond donors (Lipinski definition) is 0. The molecule has 1 unspecified atom stereocenters. The van der Waals surface area contributed by atoms with E-state index < -0.39 is 0 Å². The lowest BCUT2D eigenvalue weighted by Crippen LogP contribution is -2.10. The molecule has 0 radical (unpaired) electrons. The van der Waals surface area contributed by atoms with Crippen molar-refractivity contribution in [3.8, 4) is 0 Å². The van der Waals surface area contributed by atoms with E-state index in [9.17, 15) is 9.18 Å². The van der Waals surface area contributed by atoms with Gasteiger partial charge in [0, 0.05) is 0 Å². The number of ketones is 1. The van der Waals surface area contributed by atoms with Gasteiger partial charge in [0.15, 0.2) is 0 Å². The summed E-state index contributed by atoms with van der Waals surface area (Å²) in [6.07, 6.45) is 0. The first-order chi connectivity index (χ1) is 8.18. The zero-order valence-electron chi connectivity index (χ0n) is 9.56. The van der Waals surface area contributed by atoms with Crippen LogP contribution >= 0.6 is 0 Å². The zero-order chi connectivity index (χ0) is 12.3. The van der Waals surface area contributed by atoms with Gasteiger partial charge in [-0.2, -0.15) is 0 Å². The molecule has 0 N–H and O–H groups in total.